The predicted molar refractivity (Wildman–Crippen MR) is 57.8 cm³/mol. The van der Waals surface area contributed by atoms with Crippen molar-refractivity contribution in [2.45, 2.75) is 19.3 Å². The fourth-order valence-electron chi connectivity index (χ4n) is 1.99. The van der Waals surface area contributed by atoms with Crippen molar-refractivity contribution >= 4 is 6.09 Å². The van der Waals surface area contributed by atoms with Gasteiger partial charge >= 0.3 is 6.09 Å². The predicted octanol–water partition coefficient (Wildman–Crippen LogP) is 1.17. The molecule has 2 aliphatic rings. The quantitative estimate of drug-likeness (QED) is 0.662. The molecule has 1 saturated carbocycles. The number of carbonyl (C=O) groups is 1. The Labute approximate surface area is 91.2 Å². The third kappa shape index (κ3) is 3.38. The van der Waals surface area contributed by atoms with Gasteiger partial charge in [0.05, 0.1) is 6.54 Å². The largest absolute Gasteiger partial charge is 0.448 e. The number of cyclic esters (lactones) is 1. The summed E-state index contributed by atoms with van der Waals surface area (Å²) in [5.74, 6) is 0.951. The van der Waals surface area contributed by atoms with Crippen LogP contribution < -0.4 is 0 Å². The lowest BCUT2D eigenvalue weighted by Gasteiger charge is -2.18. The topological polar surface area (TPSA) is 32.8 Å². The molecule has 1 saturated heterocycles. The minimum Gasteiger partial charge on any atom is -0.448 e. The molecule has 0 aromatic rings. The van der Waals surface area contributed by atoms with Crippen molar-refractivity contribution in [3.05, 3.63) is 0 Å². The Balaban J connectivity index is 1.55. The number of hydrogen-bond donors (Lipinski definition) is 0. The molecule has 2 rings (SSSR count). The Kier molecular flexibility index (Phi) is 3.46. The van der Waals surface area contributed by atoms with E-state index in [9.17, 15) is 4.79 Å². The Morgan fingerprint density at radius 1 is 1.53 bits per heavy atom. The molecule has 1 heterocycles. The van der Waals surface area contributed by atoms with Crippen LogP contribution in [0.25, 0.3) is 0 Å². The molecule has 0 aromatic heterocycles. The Hall–Kier alpha value is -0.770. The van der Waals surface area contributed by atoms with Crippen molar-refractivity contribution in [1.29, 1.82) is 0 Å². The summed E-state index contributed by atoms with van der Waals surface area (Å²) in [5, 5.41) is 0. The third-order valence-corrected chi connectivity index (χ3v) is 3.08. The maximum absolute atomic E-state index is 11.1. The Morgan fingerprint density at radius 2 is 2.33 bits per heavy atom. The van der Waals surface area contributed by atoms with E-state index >= 15 is 0 Å². The first kappa shape index (κ1) is 10.7. The lowest BCUT2D eigenvalue weighted by atomic mass is 10.3. The zero-order chi connectivity index (χ0) is 10.7. The van der Waals surface area contributed by atoms with Crippen LogP contribution in [0.15, 0.2) is 0 Å². The van der Waals surface area contributed by atoms with Crippen LogP contribution in [0.4, 0.5) is 4.79 Å². The van der Waals surface area contributed by atoms with Crippen LogP contribution in [0, 0.1) is 5.92 Å². The van der Waals surface area contributed by atoms with E-state index in [0.717, 1.165) is 32.0 Å². The van der Waals surface area contributed by atoms with Gasteiger partial charge in [0.15, 0.2) is 0 Å². The van der Waals surface area contributed by atoms with Gasteiger partial charge in [-0.25, -0.2) is 4.79 Å². The molecule has 0 spiro atoms. The van der Waals surface area contributed by atoms with Crippen LogP contribution in [0.1, 0.15) is 19.3 Å². The normalized spacial score (nSPS) is 21.2. The summed E-state index contributed by atoms with van der Waals surface area (Å²) in [6.45, 7) is 4.49. The first-order valence-corrected chi connectivity index (χ1v) is 5.86. The monoisotopic (exact) mass is 212 g/mol. The van der Waals surface area contributed by atoms with Gasteiger partial charge in [-0.2, -0.15) is 0 Å². The fraction of sp³-hybridized carbons (Fsp3) is 0.909. The summed E-state index contributed by atoms with van der Waals surface area (Å²) in [6, 6.07) is 0. The van der Waals surface area contributed by atoms with E-state index in [1.807, 2.05) is 0 Å². The zero-order valence-corrected chi connectivity index (χ0v) is 9.45. The van der Waals surface area contributed by atoms with Crippen molar-refractivity contribution in [2.75, 3.05) is 39.8 Å². The first-order chi connectivity index (χ1) is 7.25. The van der Waals surface area contributed by atoms with Crippen molar-refractivity contribution in [2.24, 2.45) is 5.92 Å². The highest BCUT2D eigenvalue weighted by atomic mass is 16.6. The molecule has 0 unspecified atom stereocenters. The van der Waals surface area contributed by atoms with Crippen molar-refractivity contribution in [3.8, 4) is 0 Å². The number of ether oxygens (including phenoxy) is 1. The van der Waals surface area contributed by atoms with Crippen LogP contribution >= 0.6 is 0 Å². The summed E-state index contributed by atoms with van der Waals surface area (Å²) in [5.41, 5.74) is 0. The molecule has 86 valence electrons. The van der Waals surface area contributed by atoms with Crippen molar-refractivity contribution in [3.63, 3.8) is 0 Å². The molecule has 0 bridgehead atoms. The number of hydrogen-bond acceptors (Lipinski definition) is 3. The van der Waals surface area contributed by atoms with E-state index < -0.39 is 0 Å². The van der Waals surface area contributed by atoms with Gasteiger partial charge in [0.2, 0.25) is 0 Å². The molecule has 1 aliphatic carbocycles. The van der Waals surface area contributed by atoms with Crippen molar-refractivity contribution in [1.82, 2.24) is 9.80 Å². The minimum absolute atomic E-state index is 0.139. The van der Waals surface area contributed by atoms with Gasteiger partial charge in [-0.1, -0.05) is 0 Å². The molecule has 15 heavy (non-hydrogen) atoms. The summed E-state index contributed by atoms with van der Waals surface area (Å²) in [7, 11) is 2.17. The van der Waals surface area contributed by atoms with E-state index in [1.54, 1.807) is 4.90 Å². The standard InChI is InChI=1S/C11H20N2O2/c1-12(9-10-3-4-10)5-2-6-13-7-8-15-11(13)14/h10H,2-9H2,1H3. The lowest BCUT2D eigenvalue weighted by molar-refractivity contribution is 0.157. The Bertz CT molecular complexity index is 229. The number of carbonyl (C=O) groups excluding carboxylic acids is 1. The van der Waals surface area contributed by atoms with Gasteiger partial charge in [-0.05, 0) is 38.8 Å². The second kappa shape index (κ2) is 4.84. The van der Waals surface area contributed by atoms with E-state index in [-0.39, 0.29) is 6.09 Å². The number of amides is 1. The Morgan fingerprint density at radius 3 is 2.93 bits per heavy atom. The maximum atomic E-state index is 11.1. The van der Waals surface area contributed by atoms with Gasteiger partial charge in [0.25, 0.3) is 0 Å². The molecular weight excluding hydrogens is 192 g/mol. The van der Waals surface area contributed by atoms with Gasteiger partial charge in [0.1, 0.15) is 6.61 Å². The van der Waals surface area contributed by atoms with Gasteiger partial charge in [-0.3, -0.25) is 0 Å². The van der Waals surface area contributed by atoms with Gasteiger partial charge < -0.3 is 14.5 Å². The van der Waals surface area contributed by atoms with E-state index in [1.165, 1.54) is 19.4 Å². The molecule has 0 radical (unpaired) electrons. The summed E-state index contributed by atoms with van der Waals surface area (Å²) >= 11 is 0. The van der Waals surface area contributed by atoms with Gasteiger partial charge in [-0.15, -0.1) is 0 Å². The molecule has 4 nitrogen and oxygen atoms in total. The third-order valence-electron chi connectivity index (χ3n) is 3.08. The molecule has 0 atom stereocenters. The van der Waals surface area contributed by atoms with E-state index in [4.69, 9.17) is 4.74 Å². The van der Waals surface area contributed by atoms with Crippen LogP contribution in [0.5, 0.6) is 0 Å². The highest BCUT2D eigenvalue weighted by Gasteiger charge is 2.23. The molecule has 1 amide bonds. The molecular formula is C11H20N2O2. The zero-order valence-electron chi connectivity index (χ0n) is 9.45. The number of nitrogens with zero attached hydrogens (tertiary/aromatic N) is 2. The van der Waals surface area contributed by atoms with Crippen LogP contribution in [-0.2, 0) is 4.74 Å². The second-order valence-corrected chi connectivity index (χ2v) is 4.66. The SMILES string of the molecule is CN(CCCN1CCOC1=O)CC1CC1. The van der Waals surface area contributed by atoms with E-state index in [0.29, 0.717) is 6.61 Å². The molecule has 1 aliphatic heterocycles. The highest BCUT2D eigenvalue weighted by molar-refractivity contribution is 5.69. The highest BCUT2D eigenvalue weighted by Crippen LogP contribution is 2.29. The molecule has 2 fully saturated rings. The molecule has 0 N–H and O–H groups in total. The van der Waals surface area contributed by atoms with Gasteiger partial charge in [0, 0.05) is 13.1 Å². The summed E-state index contributed by atoms with van der Waals surface area (Å²) in [4.78, 5) is 15.3. The lowest BCUT2D eigenvalue weighted by Crippen LogP contribution is -2.29. The van der Waals surface area contributed by atoms with Crippen molar-refractivity contribution < 1.29 is 9.53 Å². The average Bonchev–Trinajstić information content (AvgIpc) is 2.91. The van der Waals surface area contributed by atoms with Crippen LogP contribution in [0.2, 0.25) is 0 Å². The van der Waals surface area contributed by atoms with Crippen LogP contribution in [0.3, 0.4) is 0 Å². The smallest absolute Gasteiger partial charge is 0.409 e. The van der Waals surface area contributed by atoms with Crippen LogP contribution in [-0.4, -0.2) is 55.7 Å². The molecule has 4 heteroatoms. The minimum atomic E-state index is -0.139. The first-order valence-electron chi connectivity index (χ1n) is 5.86. The summed E-state index contributed by atoms with van der Waals surface area (Å²) in [6.07, 6.45) is 3.73. The van der Waals surface area contributed by atoms with E-state index in [2.05, 4.69) is 11.9 Å². The summed E-state index contributed by atoms with van der Waals surface area (Å²) < 4.78 is 4.87. The maximum Gasteiger partial charge on any atom is 0.409 e. The fourth-order valence-corrected chi connectivity index (χ4v) is 1.99. The molecule has 0 aromatic carbocycles. The average molecular weight is 212 g/mol. The second-order valence-electron chi connectivity index (χ2n) is 4.66. The number of rotatable bonds is 6.